The summed E-state index contributed by atoms with van der Waals surface area (Å²) in [6.45, 7) is 0. The SMILES string of the molecule is O=C(Nc1ccc(F)cc1)c1cccc(S(=O)(=O)NC(=O)C2CCCCC2)c1. The highest BCUT2D eigenvalue weighted by molar-refractivity contribution is 7.90. The van der Waals surface area contributed by atoms with Crippen LogP contribution in [-0.4, -0.2) is 20.2 Å². The molecular formula is C20H21FN2O4S. The number of amides is 2. The first-order valence-corrected chi connectivity index (χ1v) is 10.6. The van der Waals surface area contributed by atoms with Crippen LogP contribution in [0, 0.1) is 11.7 Å². The van der Waals surface area contributed by atoms with Crippen molar-refractivity contribution in [2.45, 2.75) is 37.0 Å². The molecule has 0 aliphatic heterocycles. The minimum absolute atomic E-state index is 0.109. The lowest BCUT2D eigenvalue weighted by molar-refractivity contribution is -0.124. The molecule has 0 unspecified atom stereocenters. The number of hydrogen-bond acceptors (Lipinski definition) is 4. The van der Waals surface area contributed by atoms with Crippen LogP contribution < -0.4 is 10.0 Å². The van der Waals surface area contributed by atoms with E-state index < -0.39 is 27.7 Å². The maximum atomic E-state index is 13.0. The lowest BCUT2D eigenvalue weighted by Crippen LogP contribution is -2.36. The fraction of sp³-hybridized carbons (Fsp3) is 0.300. The molecule has 0 radical (unpaired) electrons. The monoisotopic (exact) mass is 404 g/mol. The Morgan fingerprint density at radius 1 is 0.964 bits per heavy atom. The van der Waals surface area contributed by atoms with Gasteiger partial charge in [0.25, 0.3) is 15.9 Å². The van der Waals surface area contributed by atoms with E-state index >= 15 is 0 Å². The van der Waals surface area contributed by atoms with Gasteiger partial charge in [-0.3, -0.25) is 9.59 Å². The van der Waals surface area contributed by atoms with Gasteiger partial charge in [-0.1, -0.05) is 25.3 Å². The quantitative estimate of drug-likeness (QED) is 0.798. The lowest BCUT2D eigenvalue weighted by Gasteiger charge is -2.20. The molecule has 0 atom stereocenters. The average molecular weight is 404 g/mol. The molecule has 1 aliphatic rings. The molecule has 1 aliphatic carbocycles. The number of rotatable bonds is 5. The van der Waals surface area contributed by atoms with Crippen molar-refractivity contribution < 1.29 is 22.4 Å². The summed E-state index contributed by atoms with van der Waals surface area (Å²) in [4.78, 5) is 24.5. The van der Waals surface area contributed by atoms with Crippen molar-refractivity contribution in [3.63, 3.8) is 0 Å². The van der Waals surface area contributed by atoms with E-state index in [0.717, 1.165) is 19.3 Å². The van der Waals surface area contributed by atoms with Crippen molar-refractivity contribution in [3.8, 4) is 0 Å². The Balaban J connectivity index is 1.72. The van der Waals surface area contributed by atoms with Crippen molar-refractivity contribution in [1.82, 2.24) is 4.72 Å². The fourth-order valence-corrected chi connectivity index (χ4v) is 4.27. The third-order valence-electron chi connectivity index (χ3n) is 4.72. The summed E-state index contributed by atoms with van der Waals surface area (Å²) in [6.07, 6.45) is 4.25. The van der Waals surface area contributed by atoms with Crippen molar-refractivity contribution in [2.24, 2.45) is 5.92 Å². The minimum Gasteiger partial charge on any atom is -0.322 e. The summed E-state index contributed by atoms with van der Waals surface area (Å²) in [5, 5.41) is 2.57. The molecule has 6 nitrogen and oxygen atoms in total. The maximum absolute atomic E-state index is 13.0. The molecule has 0 heterocycles. The molecule has 28 heavy (non-hydrogen) atoms. The van der Waals surface area contributed by atoms with E-state index in [1.807, 2.05) is 0 Å². The van der Waals surface area contributed by atoms with E-state index in [-0.39, 0.29) is 16.4 Å². The summed E-state index contributed by atoms with van der Waals surface area (Å²) in [5.74, 6) is -1.77. The van der Waals surface area contributed by atoms with Gasteiger partial charge in [-0.15, -0.1) is 0 Å². The van der Waals surface area contributed by atoms with E-state index in [1.165, 1.54) is 48.5 Å². The van der Waals surface area contributed by atoms with Crippen molar-refractivity contribution in [2.75, 3.05) is 5.32 Å². The van der Waals surface area contributed by atoms with Crippen LogP contribution in [0.1, 0.15) is 42.5 Å². The van der Waals surface area contributed by atoms with Crippen LogP contribution in [0.25, 0.3) is 0 Å². The predicted octanol–water partition coefficient (Wildman–Crippen LogP) is 3.46. The Kier molecular flexibility index (Phi) is 6.08. The molecule has 0 aromatic heterocycles. The molecule has 1 fully saturated rings. The predicted molar refractivity (Wildman–Crippen MR) is 103 cm³/mol. The zero-order chi connectivity index (χ0) is 20.1. The molecule has 0 bridgehead atoms. The molecule has 0 spiro atoms. The molecule has 0 saturated heterocycles. The van der Waals surface area contributed by atoms with Crippen molar-refractivity contribution >= 4 is 27.5 Å². The van der Waals surface area contributed by atoms with Crippen LogP contribution >= 0.6 is 0 Å². The number of carbonyl (C=O) groups excluding carboxylic acids is 2. The van der Waals surface area contributed by atoms with Gasteiger partial charge in [-0.2, -0.15) is 0 Å². The van der Waals surface area contributed by atoms with Crippen LogP contribution in [0.3, 0.4) is 0 Å². The normalized spacial score (nSPS) is 15.0. The molecule has 3 rings (SSSR count). The van der Waals surface area contributed by atoms with Gasteiger partial charge in [0.1, 0.15) is 5.82 Å². The van der Waals surface area contributed by atoms with E-state index in [9.17, 15) is 22.4 Å². The molecule has 148 valence electrons. The van der Waals surface area contributed by atoms with E-state index in [4.69, 9.17) is 0 Å². The number of anilines is 1. The maximum Gasteiger partial charge on any atom is 0.264 e. The summed E-state index contributed by atoms with van der Waals surface area (Å²) in [5.41, 5.74) is 0.488. The highest BCUT2D eigenvalue weighted by Crippen LogP contribution is 2.24. The minimum atomic E-state index is -4.07. The number of benzene rings is 2. The first-order chi connectivity index (χ1) is 13.3. The summed E-state index contributed by atoms with van der Waals surface area (Å²) in [7, 11) is -4.07. The van der Waals surface area contributed by atoms with Gasteiger partial charge in [0, 0.05) is 17.2 Å². The number of halogens is 1. The summed E-state index contributed by atoms with van der Waals surface area (Å²) >= 11 is 0. The summed E-state index contributed by atoms with van der Waals surface area (Å²) < 4.78 is 40.2. The smallest absolute Gasteiger partial charge is 0.264 e. The van der Waals surface area contributed by atoms with Crippen LogP contribution in [0.2, 0.25) is 0 Å². The molecule has 2 aromatic rings. The third kappa shape index (κ3) is 4.95. The zero-order valence-corrected chi connectivity index (χ0v) is 16.0. The lowest BCUT2D eigenvalue weighted by atomic mass is 9.89. The van der Waals surface area contributed by atoms with Gasteiger partial charge >= 0.3 is 0 Å². The van der Waals surface area contributed by atoms with Crippen LogP contribution in [0.5, 0.6) is 0 Å². The van der Waals surface area contributed by atoms with Crippen LogP contribution in [-0.2, 0) is 14.8 Å². The molecule has 2 amide bonds. The van der Waals surface area contributed by atoms with Gasteiger partial charge in [0.2, 0.25) is 5.91 Å². The molecule has 2 aromatic carbocycles. The van der Waals surface area contributed by atoms with Gasteiger partial charge in [0.15, 0.2) is 0 Å². The van der Waals surface area contributed by atoms with Gasteiger partial charge < -0.3 is 5.32 Å². The number of hydrogen-bond donors (Lipinski definition) is 2. The Morgan fingerprint density at radius 2 is 1.64 bits per heavy atom. The largest absolute Gasteiger partial charge is 0.322 e. The fourth-order valence-electron chi connectivity index (χ4n) is 3.18. The third-order valence-corrected chi connectivity index (χ3v) is 6.06. The Morgan fingerprint density at radius 3 is 2.32 bits per heavy atom. The standard InChI is InChI=1S/C20H21FN2O4S/c21-16-9-11-17(12-10-16)22-19(24)15-7-4-8-18(13-15)28(26,27)23-20(25)14-5-2-1-3-6-14/h4,7-14H,1-3,5-6H2,(H,22,24)(H,23,25). The van der Waals surface area contributed by atoms with Crippen molar-refractivity contribution in [3.05, 3.63) is 59.9 Å². The second-order valence-corrected chi connectivity index (χ2v) is 8.48. The second-order valence-electron chi connectivity index (χ2n) is 6.79. The summed E-state index contributed by atoms with van der Waals surface area (Å²) in [6, 6.07) is 10.6. The Bertz CT molecular complexity index is 968. The molecular weight excluding hydrogens is 383 g/mol. The van der Waals surface area contributed by atoms with Gasteiger partial charge in [-0.05, 0) is 55.3 Å². The number of nitrogens with one attached hydrogen (secondary N) is 2. The van der Waals surface area contributed by atoms with Crippen molar-refractivity contribution in [1.29, 1.82) is 0 Å². The van der Waals surface area contributed by atoms with E-state index in [1.54, 1.807) is 0 Å². The Labute approximate surface area is 163 Å². The highest BCUT2D eigenvalue weighted by atomic mass is 32.2. The Hall–Kier alpha value is -2.74. The molecule has 8 heteroatoms. The van der Waals surface area contributed by atoms with E-state index in [0.29, 0.717) is 18.5 Å². The highest BCUT2D eigenvalue weighted by Gasteiger charge is 2.26. The van der Waals surface area contributed by atoms with Gasteiger partial charge in [0.05, 0.1) is 4.90 Å². The first kappa shape index (κ1) is 20.0. The topological polar surface area (TPSA) is 92.3 Å². The molecule has 1 saturated carbocycles. The number of sulfonamides is 1. The zero-order valence-electron chi connectivity index (χ0n) is 15.2. The average Bonchev–Trinajstić information content (AvgIpc) is 2.70. The van der Waals surface area contributed by atoms with Crippen LogP contribution in [0.4, 0.5) is 10.1 Å². The first-order valence-electron chi connectivity index (χ1n) is 9.09. The molecule has 2 N–H and O–H groups in total. The van der Waals surface area contributed by atoms with E-state index in [2.05, 4.69) is 10.0 Å². The van der Waals surface area contributed by atoms with Gasteiger partial charge in [-0.25, -0.2) is 17.5 Å². The van der Waals surface area contributed by atoms with Crippen LogP contribution in [0.15, 0.2) is 53.4 Å². The number of carbonyl (C=O) groups is 2. The second kappa shape index (κ2) is 8.52.